The van der Waals surface area contributed by atoms with Gasteiger partial charge < -0.3 is 41.2 Å². The van der Waals surface area contributed by atoms with Gasteiger partial charge in [-0.3, -0.25) is 24.0 Å². The molecule has 1 aliphatic heterocycles. The highest BCUT2D eigenvalue weighted by Crippen LogP contribution is 2.24. The van der Waals surface area contributed by atoms with Gasteiger partial charge in [-0.05, 0) is 72.6 Å². The van der Waals surface area contributed by atoms with Crippen LogP contribution in [0.3, 0.4) is 0 Å². The Bertz CT molecular complexity index is 1720. The number of carbonyl (C=O) groups is 5. The molecule has 4 amide bonds. The maximum atomic E-state index is 14.1. The standard InChI is InChI=1S/C37H50N6O6S.C2H4O2/c1-22(2)16-27-19-43(37(47)30-21-50-36(42-30)33(38)23(3)4)20-32(44)39-15-7-8-25-18-26(11-14-31(25)49-6)34(45)41-29(35(46)40-27)17-24-9-12-28(48-5)13-10-24;1-2(3)4/h9-14,18,21-23,27,29,33H,7-8,15-17,19-20,38H2,1-6H3,(H,39,44)(H,40,46)(H,41,45);1H3,(H,3,4)/t27?,29-,33-;/m0./s1. The van der Waals surface area contributed by atoms with Gasteiger partial charge in [0.1, 0.15) is 28.2 Å². The van der Waals surface area contributed by atoms with Gasteiger partial charge in [0.15, 0.2) is 0 Å². The Morgan fingerprint density at radius 1 is 1.04 bits per heavy atom. The average molecular weight is 767 g/mol. The Kier molecular flexibility index (Phi) is 16.9. The van der Waals surface area contributed by atoms with Gasteiger partial charge in [0, 0.05) is 43.4 Å². The van der Waals surface area contributed by atoms with Crippen molar-refractivity contribution in [2.24, 2.45) is 17.6 Å². The quantitative estimate of drug-likeness (QED) is 0.212. The highest BCUT2D eigenvalue weighted by atomic mass is 32.1. The number of benzene rings is 2. The van der Waals surface area contributed by atoms with Crippen molar-refractivity contribution < 1.29 is 38.6 Å². The minimum Gasteiger partial charge on any atom is -0.497 e. The van der Waals surface area contributed by atoms with Gasteiger partial charge in [-0.25, -0.2) is 4.98 Å². The summed E-state index contributed by atoms with van der Waals surface area (Å²) in [4.78, 5) is 70.1. The van der Waals surface area contributed by atoms with Crippen LogP contribution in [0.2, 0.25) is 0 Å². The number of fused-ring (bicyclic) bond motifs is 2. The molecular formula is C39H54N6O8S. The van der Waals surface area contributed by atoms with Gasteiger partial charge in [0.05, 0.1) is 26.8 Å². The van der Waals surface area contributed by atoms with Crippen molar-refractivity contribution in [3.05, 3.63) is 75.2 Å². The van der Waals surface area contributed by atoms with Gasteiger partial charge in [0.25, 0.3) is 17.8 Å². The van der Waals surface area contributed by atoms with E-state index in [9.17, 15) is 19.2 Å². The molecule has 6 N–H and O–H groups in total. The fourth-order valence-electron chi connectivity index (χ4n) is 5.82. The third-order valence-electron chi connectivity index (χ3n) is 8.62. The number of aliphatic carboxylic acids is 1. The molecule has 1 unspecified atom stereocenters. The van der Waals surface area contributed by atoms with E-state index in [1.165, 1.54) is 16.2 Å². The van der Waals surface area contributed by atoms with Crippen LogP contribution in [0.15, 0.2) is 47.8 Å². The number of hydrogen-bond acceptors (Lipinski definition) is 10. The molecule has 0 saturated carbocycles. The summed E-state index contributed by atoms with van der Waals surface area (Å²) in [6, 6.07) is 10.7. The van der Waals surface area contributed by atoms with Crippen molar-refractivity contribution in [3.8, 4) is 11.5 Å². The molecule has 3 atom stereocenters. The number of carboxylic acids is 1. The molecule has 14 nitrogen and oxygen atoms in total. The van der Waals surface area contributed by atoms with E-state index in [2.05, 4.69) is 20.9 Å². The molecule has 1 aromatic heterocycles. The highest BCUT2D eigenvalue weighted by molar-refractivity contribution is 7.09. The molecule has 15 heteroatoms. The predicted molar refractivity (Wildman–Crippen MR) is 207 cm³/mol. The van der Waals surface area contributed by atoms with E-state index < -0.39 is 35.8 Å². The lowest BCUT2D eigenvalue weighted by molar-refractivity contribution is -0.134. The normalized spacial score (nSPS) is 17.7. The lowest BCUT2D eigenvalue weighted by Gasteiger charge is -2.30. The van der Waals surface area contributed by atoms with Gasteiger partial charge in [-0.2, -0.15) is 0 Å². The zero-order valence-electron chi connectivity index (χ0n) is 32.1. The van der Waals surface area contributed by atoms with Crippen LogP contribution in [0.25, 0.3) is 0 Å². The van der Waals surface area contributed by atoms with Crippen LogP contribution in [0.5, 0.6) is 11.5 Å². The number of carboxylic acid groups (broad SMARTS) is 1. The maximum Gasteiger partial charge on any atom is 0.300 e. The first kappa shape index (κ1) is 43.4. The summed E-state index contributed by atoms with van der Waals surface area (Å²) in [5.74, 6) is -0.851. The van der Waals surface area contributed by atoms with E-state index in [0.717, 1.165) is 18.1 Å². The molecule has 2 bridgehead atoms. The van der Waals surface area contributed by atoms with Gasteiger partial charge in [-0.15, -0.1) is 11.3 Å². The summed E-state index contributed by atoms with van der Waals surface area (Å²) < 4.78 is 10.8. The van der Waals surface area contributed by atoms with Crippen LogP contribution in [-0.4, -0.2) is 90.5 Å². The molecule has 4 rings (SSSR count). The minimum atomic E-state index is -0.946. The van der Waals surface area contributed by atoms with Crippen LogP contribution in [0, 0.1) is 11.8 Å². The monoisotopic (exact) mass is 766 g/mol. The number of aryl methyl sites for hydroxylation is 1. The minimum absolute atomic E-state index is 0.0560. The molecule has 2 heterocycles. The zero-order valence-corrected chi connectivity index (χ0v) is 33.0. The topological polar surface area (TPSA) is 202 Å². The van der Waals surface area contributed by atoms with Crippen molar-refractivity contribution >= 4 is 40.9 Å². The number of nitrogens with two attached hydrogens (primary N) is 1. The molecule has 0 spiro atoms. The Morgan fingerprint density at radius 2 is 1.72 bits per heavy atom. The number of carbonyl (C=O) groups excluding carboxylic acids is 4. The second-order valence-electron chi connectivity index (χ2n) is 13.9. The van der Waals surface area contributed by atoms with Crippen molar-refractivity contribution in [3.63, 3.8) is 0 Å². The Balaban J connectivity index is 0.00000186. The van der Waals surface area contributed by atoms with Crippen molar-refractivity contribution in [1.29, 1.82) is 0 Å². The molecule has 3 aromatic rings. The summed E-state index contributed by atoms with van der Waals surface area (Å²) >= 11 is 1.31. The fraction of sp³-hybridized carbons (Fsp3) is 0.487. The van der Waals surface area contributed by atoms with Crippen molar-refractivity contribution in [1.82, 2.24) is 25.8 Å². The average Bonchev–Trinajstić information content (AvgIpc) is 3.62. The number of hydrogen-bond donors (Lipinski definition) is 5. The van der Waals surface area contributed by atoms with Crippen molar-refractivity contribution in [2.45, 2.75) is 78.4 Å². The van der Waals surface area contributed by atoms with E-state index >= 15 is 0 Å². The molecule has 0 aliphatic carbocycles. The van der Waals surface area contributed by atoms with Crippen LogP contribution in [0.1, 0.15) is 90.5 Å². The third-order valence-corrected chi connectivity index (χ3v) is 9.56. The Morgan fingerprint density at radius 3 is 2.33 bits per heavy atom. The first-order chi connectivity index (χ1) is 25.6. The van der Waals surface area contributed by atoms with Gasteiger partial charge in [-0.1, -0.05) is 39.8 Å². The first-order valence-corrected chi connectivity index (χ1v) is 18.9. The van der Waals surface area contributed by atoms with E-state index in [-0.39, 0.29) is 49.0 Å². The summed E-state index contributed by atoms with van der Waals surface area (Å²) in [5.41, 5.74) is 8.52. The SMILES string of the molecule is CC(=O)O.COc1ccc(C[C@@H]2NC(=O)c3ccc(OC)c(c3)CCCNC(=O)CN(C(=O)c3csc([C@@H](N)C(C)C)n3)CC(CC(C)C)NC2=O)cc1. The summed E-state index contributed by atoms with van der Waals surface area (Å²) in [6.07, 6.45) is 1.82. The smallest absolute Gasteiger partial charge is 0.300 e. The van der Waals surface area contributed by atoms with E-state index in [1.807, 2.05) is 39.8 Å². The molecular weight excluding hydrogens is 713 g/mol. The van der Waals surface area contributed by atoms with E-state index in [1.54, 1.807) is 49.9 Å². The van der Waals surface area contributed by atoms with Crippen LogP contribution in [0.4, 0.5) is 0 Å². The first-order valence-electron chi connectivity index (χ1n) is 18.0. The van der Waals surface area contributed by atoms with E-state index in [0.29, 0.717) is 47.9 Å². The Labute approximate surface area is 321 Å². The summed E-state index contributed by atoms with van der Waals surface area (Å²) in [6.45, 7) is 9.28. The number of nitrogens with zero attached hydrogens (tertiary/aromatic N) is 2. The second-order valence-corrected chi connectivity index (χ2v) is 14.8. The lowest BCUT2D eigenvalue weighted by Crippen LogP contribution is -2.54. The van der Waals surface area contributed by atoms with Crippen LogP contribution in [-0.2, 0) is 27.2 Å². The number of nitrogens with one attached hydrogen (secondary N) is 3. The van der Waals surface area contributed by atoms with Crippen molar-refractivity contribution in [2.75, 3.05) is 33.9 Å². The second kappa shape index (κ2) is 21.0. The highest BCUT2D eigenvalue weighted by Gasteiger charge is 2.30. The summed E-state index contributed by atoms with van der Waals surface area (Å²) in [5, 5.41) is 18.7. The number of aromatic nitrogens is 1. The number of thiazole rings is 1. The fourth-order valence-corrected chi connectivity index (χ4v) is 6.79. The summed E-state index contributed by atoms with van der Waals surface area (Å²) in [7, 11) is 3.14. The number of methoxy groups -OCH3 is 2. The maximum absolute atomic E-state index is 14.1. The molecule has 294 valence electrons. The molecule has 54 heavy (non-hydrogen) atoms. The molecule has 1 aliphatic rings. The molecule has 0 radical (unpaired) electrons. The largest absolute Gasteiger partial charge is 0.497 e. The number of ether oxygens (including phenoxy) is 2. The molecule has 0 fully saturated rings. The lowest BCUT2D eigenvalue weighted by atomic mass is 10.0. The molecule has 2 aromatic carbocycles. The third kappa shape index (κ3) is 13.4. The van der Waals surface area contributed by atoms with E-state index in [4.69, 9.17) is 25.1 Å². The van der Waals surface area contributed by atoms with Gasteiger partial charge in [0.2, 0.25) is 11.8 Å². The zero-order chi connectivity index (χ0) is 39.9. The van der Waals surface area contributed by atoms with Crippen LogP contribution < -0.4 is 31.2 Å². The van der Waals surface area contributed by atoms with Crippen LogP contribution >= 0.6 is 11.3 Å². The molecule has 0 saturated heterocycles. The number of amides is 4. The van der Waals surface area contributed by atoms with Gasteiger partial charge >= 0.3 is 0 Å². The Hall–Kier alpha value is -5.02. The predicted octanol–water partition coefficient (Wildman–Crippen LogP) is 3.98. The number of rotatable bonds is 9.